The number of hydrogen-bond acceptors (Lipinski definition) is 5. The molecule has 0 atom stereocenters. The number of benzene rings is 3. The van der Waals surface area contributed by atoms with Gasteiger partial charge in [-0.05, 0) is 49.4 Å². The summed E-state index contributed by atoms with van der Waals surface area (Å²) in [6.45, 7) is 2.03. The molecule has 0 saturated carbocycles. The van der Waals surface area contributed by atoms with Crippen molar-refractivity contribution in [1.82, 2.24) is 14.5 Å². The molecule has 3 aromatic carbocycles. The topological polar surface area (TPSA) is 85.7 Å². The molecule has 1 heterocycles. The molecule has 9 heteroatoms. The fourth-order valence-corrected chi connectivity index (χ4v) is 3.91. The van der Waals surface area contributed by atoms with Crippen molar-refractivity contribution in [1.29, 1.82) is 0 Å². The number of hydrogen-bond donors (Lipinski definition) is 1. The quantitative estimate of drug-likeness (QED) is 0.324. The van der Waals surface area contributed by atoms with Gasteiger partial charge >= 0.3 is 0 Å². The zero-order chi connectivity index (χ0) is 26.4. The van der Waals surface area contributed by atoms with Crippen molar-refractivity contribution in [2.75, 3.05) is 32.6 Å². The molecule has 1 aromatic heterocycles. The Balaban J connectivity index is 1.61. The monoisotopic (exact) mass is 518 g/mol. The predicted molar refractivity (Wildman–Crippen MR) is 144 cm³/mol. The van der Waals surface area contributed by atoms with Crippen molar-refractivity contribution >= 4 is 29.4 Å². The first-order valence-corrected chi connectivity index (χ1v) is 12.0. The number of halogens is 1. The van der Waals surface area contributed by atoms with Crippen molar-refractivity contribution in [3.05, 3.63) is 89.6 Å². The molecular weight excluding hydrogens is 492 g/mol. The van der Waals surface area contributed by atoms with E-state index in [1.807, 2.05) is 49.5 Å². The third-order valence-corrected chi connectivity index (χ3v) is 6.00. The second-order valence-corrected chi connectivity index (χ2v) is 8.56. The molecule has 190 valence electrons. The standard InChI is InChI=1S/C28H27ClN4O4/c1-4-32(27(35)20-7-5-9-23(15-20)36-2)18-26(34)31-28-30-25(19-11-13-21(29)14-12-19)17-33(28)22-8-6-10-24(16-22)37-3/h5-17H,4,18H2,1-3H3,(H,30,31,34). The molecule has 0 spiro atoms. The Morgan fingerprint density at radius 3 is 2.32 bits per heavy atom. The minimum absolute atomic E-state index is 0.145. The second kappa shape index (κ2) is 11.6. The SMILES string of the molecule is CCN(CC(=O)Nc1nc(-c2ccc(Cl)cc2)cn1-c1cccc(OC)c1)C(=O)c1cccc(OC)c1. The molecule has 4 aromatic rings. The van der Waals surface area contributed by atoms with E-state index in [2.05, 4.69) is 10.3 Å². The number of imidazole rings is 1. The van der Waals surface area contributed by atoms with Crippen LogP contribution in [0.25, 0.3) is 16.9 Å². The number of nitrogens with one attached hydrogen (secondary N) is 1. The number of aromatic nitrogens is 2. The number of nitrogens with zero attached hydrogens (tertiary/aromatic N) is 3. The van der Waals surface area contributed by atoms with E-state index in [0.29, 0.717) is 40.3 Å². The summed E-state index contributed by atoms with van der Waals surface area (Å²) < 4.78 is 12.4. The van der Waals surface area contributed by atoms with Crippen LogP contribution in [0, 0.1) is 0 Å². The Morgan fingerprint density at radius 2 is 1.65 bits per heavy atom. The molecule has 0 aliphatic rings. The van der Waals surface area contributed by atoms with Crippen LogP contribution in [0.1, 0.15) is 17.3 Å². The van der Waals surface area contributed by atoms with Gasteiger partial charge in [0.2, 0.25) is 11.9 Å². The molecule has 0 aliphatic carbocycles. The summed E-state index contributed by atoms with van der Waals surface area (Å²) in [6, 6.07) is 21.5. The van der Waals surface area contributed by atoms with E-state index in [4.69, 9.17) is 21.1 Å². The van der Waals surface area contributed by atoms with Crippen LogP contribution in [0.15, 0.2) is 79.0 Å². The molecule has 4 rings (SSSR count). The molecule has 37 heavy (non-hydrogen) atoms. The van der Waals surface area contributed by atoms with Gasteiger partial charge < -0.3 is 14.4 Å². The number of likely N-dealkylation sites (N-methyl/N-ethyl adjacent to an activating group) is 1. The lowest BCUT2D eigenvalue weighted by Crippen LogP contribution is -2.38. The maximum Gasteiger partial charge on any atom is 0.254 e. The van der Waals surface area contributed by atoms with Gasteiger partial charge in [0.05, 0.1) is 25.6 Å². The fraction of sp³-hybridized carbons (Fsp3) is 0.179. The van der Waals surface area contributed by atoms with Gasteiger partial charge in [0, 0.05) is 35.0 Å². The van der Waals surface area contributed by atoms with Gasteiger partial charge in [0.15, 0.2) is 0 Å². The van der Waals surface area contributed by atoms with Crippen LogP contribution in [0.4, 0.5) is 5.95 Å². The number of carbonyl (C=O) groups is 2. The molecule has 8 nitrogen and oxygen atoms in total. The van der Waals surface area contributed by atoms with Crippen molar-refractivity contribution in [2.24, 2.45) is 0 Å². The summed E-state index contributed by atoms with van der Waals surface area (Å²) in [4.78, 5) is 32.3. The van der Waals surface area contributed by atoms with Gasteiger partial charge in [-0.1, -0.05) is 35.9 Å². The second-order valence-electron chi connectivity index (χ2n) is 8.13. The Morgan fingerprint density at radius 1 is 0.973 bits per heavy atom. The van der Waals surface area contributed by atoms with Crippen LogP contribution in [-0.2, 0) is 4.79 Å². The molecular formula is C28H27ClN4O4. The average molecular weight is 519 g/mol. The molecule has 2 amide bonds. The van der Waals surface area contributed by atoms with Crippen LogP contribution in [0.2, 0.25) is 5.02 Å². The lowest BCUT2D eigenvalue weighted by Gasteiger charge is -2.20. The van der Waals surface area contributed by atoms with E-state index in [1.54, 1.807) is 48.1 Å². The number of carbonyl (C=O) groups excluding carboxylic acids is 2. The van der Waals surface area contributed by atoms with Crippen LogP contribution in [0.5, 0.6) is 11.5 Å². The molecule has 1 N–H and O–H groups in total. The van der Waals surface area contributed by atoms with Gasteiger partial charge in [0.25, 0.3) is 5.91 Å². The number of anilines is 1. The maximum atomic E-state index is 13.1. The van der Waals surface area contributed by atoms with Gasteiger partial charge in [-0.3, -0.25) is 19.5 Å². The van der Waals surface area contributed by atoms with Crippen molar-refractivity contribution < 1.29 is 19.1 Å². The third kappa shape index (κ3) is 6.10. The molecule has 0 radical (unpaired) electrons. The molecule has 0 saturated heterocycles. The molecule has 0 bridgehead atoms. The number of amides is 2. The number of methoxy groups -OCH3 is 2. The smallest absolute Gasteiger partial charge is 0.254 e. The Hall–Kier alpha value is -4.30. The van der Waals surface area contributed by atoms with Crippen molar-refractivity contribution in [3.8, 4) is 28.4 Å². The minimum atomic E-state index is -0.379. The highest BCUT2D eigenvalue weighted by atomic mass is 35.5. The van der Waals surface area contributed by atoms with Crippen LogP contribution < -0.4 is 14.8 Å². The highest BCUT2D eigenvalue weighted by Gasteiger charge is 2.20. The normalized spacial score (nSPS) is 10.6. The Labute approximate surface area is 220 Å². The van der Waals surface area contributed by atoms with E-state index in [1.165, 1.54) is 12.0 Å². The van der Waals surface area contributed by atoms with Gasteiger partial charge in [0.1, 0.15) is 18.0 Å². The van der Waals surface area contributed by atoms with E-state index < -0.39 is 0 Å². The van der Waals surface area contributed by atoms with E-state index in [9.17, 15) is 9.59 Å². The number of rotatable bonds is 9. The first kappa shape index (κ1) is 25.8. The summed E-state index contributed by atoms with van der Waals surface area (Å²) in [5.41, 5.74) is 2.68. The van der Waals surface area contributed by atoms with E-state index in [-0.39, 0.29) is 18.4 Å². The van der Waals surface area contributed by atoms with Gasteiger partial charge in [-0.15, -0.1) is 0 Å². The zero-order valence-electron chi connectivity index (χ0n) is 20.8. The van der Waals surface area contributed by atoms with E-state index in [0.717, 1.165) is 11.3 Å². The van der Waals surface area contributed by atoms with Crippen molar-refractivity contribution in [2.45, 2.75) is 6.92 Å². The average Bonchev–Trinajstić information content (AvgIpc) is 3.35. The molecule has 0 fully saturated rings. The van der Waals surface area contributed by atoms with Crippen molar-refractivity contribution in [3.63, 3.8) is 0 Å². The third-order valence-electron chi connectivity index (χ3n) is 5.75. The summed E-state index contributed by atoms with van der Waals surface area (Å²) >= 11 is 6.05. The Kier molecular flexibility index (Phi) is 8.10. The maximum absolute atomic E-state index is 13.1. The highest BCUT2D eigenvalue weighted by molar-refractivity contribution is 6.30. The molecule has 0 aliphatic heterocycles. The lowest BCUT2D eigenvalue weighted by molar-refractivity contribution is -0.116. The minimum Gasteiger partial charge on any atom is -0.497 e. The van der Waals surface area contributed by atoms with Gasteiger partial charge in [-0.2, -0.15) is 0 Å². The van der Waals surface area contributed by atoms with Crippen LogP contribution in [0.3, 0.4) is 0 Å². The highest BCUT2D eigenvalue weighted by Crippen LogP contribution is 2.27. The first-order valence-electron chi connectivity index (χ1n) is 11.6. The summed E-state index contributed by atoms with van der Waals surface area (Å²) in [5, 5.41) is 3.48. The predicted octanol–water partition coefficient (Wildman–Crippen LogP) is 5.31. The fourth-order valence-electron chi connectivity index (χ4n) is 3.79. The summed E-state index contributed by atoms with van der Waals surface area (Å²) in [7, 11) is 3.13. The summed E-state index contributed by atoms with van der Waals surface area (Å²) in [6.07, 6.45) is 1.83. The van der Waals surface area contributed by atoms with Crippen LogP contribution >= 0.6 is 11.6 Å². The Bertz CT molecular complexity index is 1400. The first-order chi connectivity index (χ1) is 17.9. The van der Waals surface area contributed by atoms with Crippen LogP contribution in [-0.4, -0.2) is 53.6 Å². The van der Waals surface area contributed by atoms with E-state index >= 15 is 0 Å². The largest absolute Gasteiger partial charge is 0.497 e. The summed E-state index contributed by atoms with van der Waals surface area (Å²) in [5.74, 6) is 0.900. The molecule has 0 unspecified atom stereocenters. The van der Waals surface area contributed by atoms with Gasteiger partial charge in [-0.25, -0.2) is 4.98 Å². The lowest BCUT2D eigenvalue weighted by atomic mass is 10.2. The number of ether oxygens (including phenoxy) is 2. The zero-order valence-corrected chi connectivity index (χ0v) is 21.5.